The molecule has 0 aromatic heterocycles. The van der Waals surface area contributed by atoms with Gasteiger partial charge in [0.05, 0.1) is 37.1 Å². The van der Waals surface area contributed by atoms with E-state index in [9.17, 15) is 19.4 Å². The lowest BCUT2D eigenvalue weighted by atomic mass is 10.1. The predicted molar refractivity (Wildman–Crippen MR) is 99.0 cm³/mol. The van der Waals surface area contributed by atoms with Crippen molar-refractivity contribution in [3.05, 3.63) is 0 Å². The summed E-state index contributed by atoms with van der Waals surface area (Å²) >= 11 is 0. The second-order valence-electron chi connectivity index (χ2n) is 8.01. The number of ether oxygens (including phenoxy) is 4. The van der Waals surface area contributed by atoms with Crippen molar-refractivity contribution in [2.24, 2.45) is 0 Å². The summed E-state index contributed by atoms with van der Waals surface area (Å²) in [5, 5.41) is 10.2. The van der Waals surface area contributed by atoms with E-state index in [1.807, 2.05) is 13.8 Å². The largest absolute Gasteiger partial charge is 0.746 e. The number of hydrogen-bond acceptors (Lipinski definition) is 10. The quantitative estimate of drug-likeness (QED) is 0.517. The molecule has 11 heteroatoms. The average Bonchev–Trinajstić information content (AvgIpc) is 3.06. The maximum absolute atomic E-state index is 12.4. The topological polar surface area (TPSA) is 133 Å². The van der Waals surface area contributed by atoms with E-state index in [1.165, 1.54) is 0 Å². The van der Waals surface area contributed by atoms with E-state index in [-0.39, 0.29) is 24.9 Å². The maximum Gasteiger partial charge on any atom is 0.343 e. The highest BCUT2D eigenvalue weighted by atomic mass is 31.2. The zero-order valence-electron chi connectivity index (χ0n) is 17.7. The van der Waals surface area contributed by atoms with E-state index in [0.717, 1.165) is 0 Å². The normalized spacial score (nSPS) is 37.2. The van der Waals surface area contributed by atoms with Crippen LogP contribution in [-0.2, 0) is 37.4 Å². The number of carbonyl (C=O) groups excluding carboxylic acids is 1. The zero-order valence-corrected chi connectivity index (χ0v) is 18.6. The maximum atomic E-state index is 12.4. The number of hydrogen-bond donors (Lipinski definition) is 1. The summed E-state index contributed by atoms with van der Waals surface area (Å²) < 4.78 is 44.0. The van der Waals surface area contributed by atoms with Gasteiger partial charge in [0.2, 0.25) is 0 Å². The van der Waals surface area contributed by atoms with Crippen LogP contribution >= 0.6 is 7.82 Å². The molecule has 0 aromatic rings. The highest BCUT2D eigenvalue weighted by Crippen LogP contribution is 2.44. The first-order valence-electron chi connectivity index (χ1n) is 9.88. The minimum Gasteiger partial charge on any atom is -0.746 e. The minimum atomic E-state index is -5.11. The molecule has 0 aromatic carbocycles. The number of phosphoric acid groups is 1. The van der Waals surface area contributed by atoms with Crippen molar-refractivity contribution in [2.45, 2.75) is 103 Å². The van der Waals surface area contributed by atoms with Gasteiger partial charge in [-0.05, 0) is 41.5 Å². The Balaban J connectivity index is 2.01. The Kier molecular flexibility index (Phi) is 8.64. The number of aliphatic hydroxyl groups is 1. The Morgan fingerprint density at radius 2 is 1.86 bits per heavy atom. The van der Waals surface area contributed by atoms with Crippen LogP contribution in [-0.4, -0.2) is 72.6 Å². The molecule has 2 aliphatic rings. The molecule has 2 rings (SSSR count). The molecule has 0 saturated carbocycles. The molecule has 10 nitrogen and oxygen atoms in total. The second-order valence-corrected chi connectivity index (χ2v) is 9.29. The van der Waals surface area contributed by atoms with Crippen molar-refractivity contribution in [3.8, 4) is 0 Å². The Bertz CT molecular complexity index is 597. The molecule has 8 unspecified atom stereocenters. The highest BCUT2D eigenvalue weighted by molar-refractivity contribution is 7.46. The first kappa shape index (κ1) is 24.7. The van der Waals surface area contributed by atoms with Crippen molar-refractivity contribution in [2.75, 3.05) is 6.61 Å². The molecule has 0 spiro atoms. The van der Waals surface area contributed by atoms with Gasteiger partial charge in [-0.1, -0.05) is 0 Å². The van der Waals surface area contributed by atoms with Crippen LogP contribution in [0.15, 0.2) is 0 Å². The predicted octanol–water partition coefficient (Wildman–Crippen LogP) is 0.927. The summed E-state index contributed by atoms with van der Waals surface area (Å²) in [4.78, 5) is 24.8. The number of carbonyl (C=O) groups is 1. The fourth-order valence-electron chi connectivity index (χ4n) is 3.33. The molecule has 2 saturated heterocycles. The van der Waals surface area contributed by atoms with Gasteiger partial charge < -0.3 is 38.0 Å². The van der Waals surface area contributed by atoms with Gasteiger partial charge in [-0.2, -0.15) is 0 Å². The third-order valence-corrected chi connectivity index (χ3v) is 5.49. The summed E-state index contributed by atoms with van der Waals surface area (Å²) in [6, 6.07) is 0. The van der Waals surface area contributed by atoms with Crippen LogP contribution in [0.1, 0.15) is 48.0 Å². The minimum absolute atomic E-state index is 0.0191. The van der Waals surface area contributed by atoms with Crippen LogP contribution in [0, 0.1) is 0 Å². The molecule has 29 heavy (non-hydrogen) atoms. The SMILES string of the molecule is CC(C)OCC1OC(C)C(O)C1OP(=O)([O-])OC(=O)C1OC(C)CC1OC(C)C. The third-order valence-electron chi connectivity index (χ3n) is 4.58. The molecular formula is C18H32O10P-. The lowest BCUT2D eigenvalue weighted by Gasteiger charge is -2.30. The van der Waals surface area contributed by atoms with E-state index < -0.39 is 50.4 Å². The van der Waals surface area contributed by atoms with Gasteiger partial charge in [0.1, 0.15) is 18.3 Å². The molecule has 0 amide bonds. The van der Waals surface area contributed by atoms with Crippen LogP contribution < -0.4 is 4.89 Å². The highest BCUT2D eigenvalue weighted by Gasteiger charge is 2.46. The second kappa shape index (κ2) is 10.2. The summed E-state index contributed by atoms with van der Waals surface area (Å²) in [6.07, 6.45) is -5.93. The van der Waals surface area contributed by atoms with Crippen LogP contribution in [0.4, 0.5) is 0 Å². The first-order valence-corrected chi connectivity index (χ1v) is 11.3. The van der Waals surface area contributed by atoms with Crippen LogP contribution in [0.2, 0.25) is 0 Å². The van der Waals surface area contributed by atoms with E-state index in [0.29, 0.717) is 6.42 Å². The Morgan fingerprint density at radius 3 is 2.45 bits per heavy atom. The molecule has 0 radical (unpaired) electrons. The smallest absolute Gasteiger partial charge is 0.343 e. The van der Waals surface area contributed by atoms with Crippen molar-refractivity contribution in [1.82, 2.24) is 0 Å². The summed E-state index contributed by atoms with van der Waals surface area (Å²) in [5.41, 5.74) is 0. The number of aliphatic hydroxyl groups excluding tert-OH is 1. The lowest BCUT2D eigenvalue weighted by molar-refractivity contribution is -0.235. The average molecular weight is 439 g/mol. The van der Waals surface area contributed by atoms with Gasteiger partial charge in [-0.15, -0.1) is 0 Å². The molecule has 0 bridgehead atoms. The van der Waals surface area contributed by atoms with Gasteiger partial charge in [0.15, 0.2) is 6.10 Å². The van der Waals surface area contributed by atoms with E-state index in [2.05, 4.69) is 4.52 Å². The summed E-state index contributed by atoms with van der Waals surface area (Å²) in [5.74, 6) is -1.12. The van der Waals surface area contributed by atoms with E-state index in [4.69, 9.17) is 23.5 Å². The van der Waals surface area contributed by atoms with Crippen molar-refractivity contribution in [3.63, 3.8) is 0 Å². The van der Waals surface area contributed by atoms with Crippen molar-refractivity contribution >= 4 is 13.8 Å². The zero-order chi connectivity index (χ0) is 21.9. The first-order chi connectivity index (χ1) is 13.4. The molecule has 2 fully saturated rings. The standard InChI is InChI=1S/C18H33O10P/c1-9(2)23-8-14-16(15(19)12(6)26-14)27-29(21,22)28-18(20)17-13(24-10(3)4)7-11(5)25-17/h9-17,19H,7-8H2,1-6H3,(H,21,22)/p-1. The molecular weight excluding hydrogens is 407 g/mol. The van der Waals surface area contributed by atoms with Crippen LogP contribution in [0.3, 0.4) is 0 Å². The molecule has 2 aliphatic heterocycles. The Morgan fingerprint density at radius 1 is 1.21 bits per heavy atom. The molecule has 170 valence electrons. The van der Waals surface area contributed by atoms with Gasteiger partial charge in [-0.3, -0.25) is 4.57 Å². The van der Waals surface area contributed by atoms with Crippen molar-refractivity contribution in [1.29, 1.82) is 0 Å². The molecule has 1 N–H and O–H groups in total. The molecule has 2 heterocycles. The van der Waals surface area contributed by atoms with Gasteiger partial charge in [0.25, 0.3) is 0 Å². The molecule has 0 aliphatic carbocycles. The number of phosphoric ester groups is 1. The number of rotatable bonds is 9. The Labute approximate surface area is 171 Å². The van der Waals surface area contributed by atoms with Gasteiger partial charge in [0, 0.05) is 6.42 Å². The third kappa shape index (κ3) is 6.97. The lowest BCUT2D eigenvalue weighted by Crippen LogP contribution is -2.39. The Hall–Kier alpha value is -0.580. The van der Waals surface area contributed by atoms with E-state index in [1.54, 1.807) is 27.7 Å². The van der Waals surface area contributed by atoms with E-state index >= 15 is 0 Å². The molecule has 8 atom stereocenters. The fourth-order valence-corrected chi connectivity index (χ4v) is 4.26. The van der Waals surface area contributed by atoms with Crippen LogP contribution in [0.25, 0.3) is 0 Å². The van der Waals surface area contributed by atoms with Crippen molar-refractivity contribution < 1.29 is 47.4 Å². The van der Waals surface area contributed by atoms with Crippen LogP contribution in [0.5, 0.6) is 0 Å². The monoisotopic (exact) mass is 439 g/mol. The summed E-state index contributed by atoms with van der Waals surface area (Å²) in [6.45, 7) is 10.6. The fraction of sp³-hybridized carbons (Fsp3) is 0.944. The summed E-state index contributed by atoms with van der Waals surface area (Å²) in [7, 11) is -5.11. The van der Waals surface area contributed by atoms with Gasteiger partial charge in [-0.25, -0.2) is 4.79 Å². The van der Waals surface area contributed by atoms with Gasteiger partial charge >= 0.3 is 13.8 Å².